The van der Waals surface area contributed by atoms with Crippen molar-refractivity contribution in [1.82, 2.24) is 4.90 Å². The maximum atomic E-state index is 16.9. The van der Waals surface area contributed by atoms with Gasteiger partial charge in [-0.15, -0.1) is 0 Å². The molecule has 9 rings (SSSR count). The first-order valence-corrected chi connectivity index (χ1v) is 22.5. The molecule has 1 saturated heterocycles. The molecule has 0 aliphatic carbocycles. The van der Waals surface area contributed by atoms with Gasteiger partial charge in [-0.25, -0.2) is 0 Å². The van der Waals surface area contributed by atoms with Gasteiger partial charge in [0.2, 0.25) is 14.3 Å². The number of rotatable bonds is 7. The van der Waals surface area contributed by atoms with Crippen molar-refractivity contribution in [1.29, 1.82) is 0 Å². The topological polar surface area (TPSA) is 99.6 Å². The van der Waals surface area contributed by atoms with E-state index in [0.717, 1.165) is 16.7 Å². The highest BCUT2D eigenvalue weighted by molar-refractivity contribution is 6.72. The van der Waals surface area contributed by atoms with Crippen molar-refractivity contribution in [3.63, 3.8) is 0 Å². The van der Waals surface area contributed by atoms with E-state index in [1.54, 1.807) is 46.0 Å². The normalized spacial score (nSPS) is 23.8. The number of para-hydroxylation sites is 3. The van der Waals surface area contributed by atoms with E-state index < -0.39 is 37.6 Å². The first kappa shape index (κ1) is 37.0. The molecule has 4 aliphatic heterocycles. The first-order valence-electron chi connectivity index (χ1n) is 19.5. The number of anilines is 3. The van der Waals surface area contributed by atoms with Gasteiger partial charge >= 0.3 is 0 Å². The third-order valence-corrected chi connectivity index (χ3v) is 14.8. The van der Waals surface area contributed by atoms with Crippen LogP contribution in [0.25, 0.3) is 0 Å². The second-order valence-corrected chi connectivity index (χ2v) is 19.9. The summed E-state index contributed by atoms with van der Waals surface area (Å²) >= 11 is 0. The number of amides is 3. The van der Waals surface area contributed by atoms with Crippen LogP contribution >= 0.6 is 0 Å². The van der Waals surface area contributed by atoms with Crippen LogP contribution in [0, 0.1) is 5.92 Å². The predicted molar refractivity (Wildman–Crippen MR) is 218 cm³/mol. The Morgan fingerprint density at radius 1 is 0.860 bits per heavy atom. The Morgan fingerprint density at radius 3 is 2.30 bits per heavy atom. The Morgan fingerprint density at radius 2 is 1.54 bits per heavy atom. The monoisotopic (exact) mass is 781 g/mol. The highest BCUT2D eigenvalue weighted by atomic mass is 28.4. The van der Waals surface area contributed by atoms with Crippen LogP contribution < -0.4 is 14.5 Å². The van der Waals surface area contributed by atoms with Gasteiger partial charge in [-0.1, -0.05) is 85.8 Å². The number of hydrogen-bond donors (Lipinski definition) is 1. The summed E-state index contributed by atoms with van der Waals surface area (Å²) in [4.78, 5) is 49.1. The molecular weight excluding hydrogens is 738 g/mol. The fraction of sp³-hybridized carbons (Fsp3) is 0.283. The van der Waals surface area contributed by atoms with E-state index in [-0.39, 0.29) is 37.3 Å². The van der Waals surface area contributed by atoms with Crippen LogP contribution in [-0.2, 0) is 39.4 Å². The zero-order valence-electron chi connectivity index (χ0n) is 32.1. The number of carbonyl (C=O) groups is 3. The molecule has 1 N–H and O–H groups in total. The van der Waals surface area contributed by atoms with Crippen LogP contribution in [0.15, 0.2) is 121 Å². The second kappa shape index (κ2) is 14.1. The number of halogens is 1. The van der Waals surface area contributed by atoms with Crippen LogP contribution in [0.4, 0.5) is 21.2 Å². The molecule has 9 nitrogen and oxygen atoms in total. The molecule has 0 radical (unpaired) electrons. The van der Waals surface area contributed by atoms with Crippen LogP contribution in [0.2, 0.25) is 18.6 Å². The number of fused-ring (bicyclic) bond motifs is 5. The van der Waals surface area contributed by atoms with E-state index in [9.17, 15) is 14.7 Å². The van der Waals surface area contributed by atoms with E-state index >= 15 is 8.90 Å². The van der Waals surface area contributed by atoms with Gasteiger partial charge in [0.15, 0.2) is 11.4 Å². The van der Waals surface area contributed by atoms with Gasteiger partial charge in [-0.05, 0) is 78.7 Å². The number of hydrogen-bond acceptors (Lipinski definition) is 6. The van der Waals surface area contributed by atoms with Gasteiger partial charge in [0.05, 0.1) is 48.7 Å². The zero-order valence-corrected chi connectivity index (χ0v) is 33.1. The maximum absolute atomic E-state index is 16.9. The van der Waals surface area contributed by atoms with Gasteiger partial charge in [0.1, 0.15) is 5.75 Å². The molecule has 4 heterocycles. The summed E-state index contributed by atoms with van der Waals surface area (Å²) in [6.45, 7) is 5.45. The molecule has 4 aliphatic rings. The fourth-order valence-corrected chi connectivity index (χ4v) is 12.2. The molecule has 0 bridgehead atoms. The quantitative estimate of drug-likeness (QED) is 0.132. The van der Waals surface area contributed by atoms with Crippen LogP contribution in [0.5, 0.6) is 11.5 Å². The SMILES string of the molecule is C[C@H]1[C@H]([Si](C)(C)F)[C@@H](CC(=O)N2Cc3ccccc3C[C@H]2CO)O[C@]12C(=O)N(Cc1ccccc1)c1ccc(N3C(=O)c4ccccc4Oc4ccccc43)cc12. The molecule has 1 spiro atoms. The lowest BCUT2D eigenvalue weighted by Crippen LogP contribution is -2.48. The Labute approximate surface area is 332 Å². The molecule has 1 fully saturated rings. The summed E-state index contributed by atoms with van der Waals surface area (Å²) in [7, 11) is -3.64. The zero-order chi connectivity index (χ0) is 39.6. The van der Waals surface area contributed by atoms with Crippen molar-refractivity contribution in [2.45, 2.75) is 69.2 Å². The average Bonchev–Trinajstić information content (AvgIpc) is 3.58. The van der Waals surface area contributed by atoms with Crippen LogP contribution in [-0.4, -0.2) is 54.9 Å². The summed E-state index contributed by atoms with van der Waals surface area (Å²) in [6.07, 6.45) is -0.565. The molecule has 0 aromatic heterocycles. The number of benzene rings is 5. The van der Waals surface area contributed by atoms with E-state index in [1.165, 1.54) is 0 Å². The molecule has 11 heteroatoms. The standard InChI is InChI=1S/C46H44FN3O6Si/c1-29-43(57(2,3)47)41(25-42(52)48-27-32-16-8-7-15-31(32)23-34(48)28-51)56-46(29)36-24-33(21-22-37(36)49(45(46)54)26-30-13-5-4-6-14-30)50-38-18-10-12-20-40(38)55-39-19-11-9-17-35(39)44(50)53/h4-22,24,29,34,41,43,51H,23,25-28H2,1-3H3/t29-,34-,41+,43-,46+/m0/s1. The first-order chi connectivity index (χ1) is 27.5. The highest BCUT2D eigenvalue weighted by Crippen LogP contribution is 2.61. The van der Waals surface area contributed by atoms with Gasteiger partial charge in [0, 0.05) is 29.3 Å². The Kier molecular flexibility index (Phi) is 9.14. The van der Waals surface area contributed by atoms with Crippen LogP contribution in [0.3, 0.4) is 0 Å². The molecule has 5 aromatic rings. The number of carbonyl (C=O) groups excluding carboxylic acids is 3. The summed E-state index contributed by atoms with van der Waals surface area (Å²) in [5.41, 5.74) is 3.12. The molecule has 0 unspecified atom stereocenters. The van der Waals surface area contributed by atoms with Crippen LogP contribution in [0.1, 0.15) is 46.0 Å². The van der Waals surface area contributed by atoms with E-state index in [4.69, 9.17) is 9.47 Å². The lowest BCUT2D eigenvalue weighted by Gasteiger charge is -2.37. The van der Waals surface area contributed by atoms with Crippen molar-refractivity contribution in [2.24, 2.45) is 5.92 Å². The summed E-state index contributed by atoms with van der Waals surface area (Å²) in [6, 6.07) is 37.0. The number of aliphatic hydroxyl groups excluding tert-OH is 1. The summed E-state index contributed by atoms with van der Waals surface area (Å²) in [5.74, 6) is -0.652. The Hall–Kier alpha value is -5.62. The fourth-order valence-electron chi connectivity index (χ4n) is 9.69. The Balaban J connectivity index is 1.16. The molecule has 0 saturated carbocycles. The van der Waals surface area contributed by atoms with Crippen molar-refractivity contribution in [3.8, 4) is 11.5 Å². The largest absolute Gasteiger partial charge is 0.454 e. The minimum Gasteiger partial charge on any atom is -0.454 e. The van der Waals surface area contributed by atoms with Crippen molar-refractivity contribution in [2.75, 3.05) is 16.4 Å². The van der Waals surface area contributed by atoms with Gasteiger partial charge in [-0.3, -0.25) is 19.3 Å². The second-order valence-electron chi connectivity index (χ2n) is 16.1. The number of nitrogens with zero attached hydrogens (tertiary/aromatic N) is 3. The molecule has 3 amide bonds. The molecule has 5 aromatic carbocycles. The Bertz CT molecular complexity index is 2400. The van der Waals surface area contributed by atoms with Crippen molar-refractivity contribution < 1.29 is 33.1 Å². The van der Waals surface area contributed by atoms with Gasteiger partial charge in [-0.2, -0.15) is 0 Å². The van der Waals surface area contributed by atoms with E-state index in [1.807, 2.05) is 110 Å². The lowest BCUT2D eigenvalue weighted by atomic mass is 9.82. The third-order valence-electron chi connectivity index (χ3n) is 12.3. The predicted octanol–water partition coefficient (Wildman–Crippen LogP) is 8.43. The smallest absolute Gasteiger partial charge is 0.266 e. The third kappa shape index (κ3) is 6.07. The minimum atomic E-state index is -3.64. The highest BCUT2D eigenvalue weighted by Gasteiger charge is 2.67. The average molecular weight is 782 g/mol. The summed E-state index contributed by atoms with van der Waals surface area (Å²) in [5, 5.41) is 10.4. The molecule has 290 valence electrons. The number of aliphatic hydroxyl groups is 1. The van der Waals surface area contributed by atoms with Gasteiger partial charge < -0.3 is 28.5 Å². The van der Waals surface area contributed by atoms with E-state index in [2.05, 4.69) is 0 Å². The van der Waals surface area contributed by atoms with Gasteiger partial charge in [0.25, 0.3) is 11.8 Å². The van der Waals surface area contributed by atoms with E-state index in [0.29, 0.717) is 52.7 Å². The molecule has 5 atom stereocenters. The van der Waals surface area contributed by atoms with Crippen molar-refractivity contribution in [3.05, 3.63) is 149 Å². The molecular formula is C46H44FN3O6Si. The lowest BCUT2D eigenvalue weighted by molar-refractivity contribution is -0.151. The molecule has 57 heavy (non-hydrogen) atoms. The number of ether oxygens (including phenoxy) is 2. The minimum absolute atomic E-state index is 0.150. The maximum Gasteiger partial charge on any atom is 0.266 e. The van der Waals surface area contributed by atoms with Crippen molar-refractivity contribution >= 4 is 43.2 Å². The summed E-state index contributed by atoms with van der Waals surface area (Å²) < 4.78 is 30.2.